The number of halogens is 1. The molecule has 6 heteroatoms. The highest BCUT2D eigenvalue weighted by Gasteiger charge is 2.47. The van der Waals surface area contributed by atoms with Crippen LogP contribution in [0.4, 0.5) is 10.1 Å². The molecule has 2 atom stereocenters. The molecule has 0 saturated heterocycles. The number of rotatable bonds is 7. The lowest BCUT2D eigenvalue weighted by atomic mass is 9.68. The fourth-order valence-electron chi connectivity index (χ4n) is 3.93. The van der Waals surface area contributed by atoms with Gasteiger partial charge in [0.15, 0.2) is 0 Å². The Labute approximate surface area is 175 Å². The van der Waals surface area contributed by atoms with Crippen LogP contribution in [0.2, 0.25) is 0 Å². The average Bonchev–Trinajstić information content (AvgIpc) is 3.52. The number of benzene rings is 2. The third-order valence-electron chi connectivity index (χ3n) is 5.62. The molecule has 0 aliphatic heterocycles. The van der Waals surface area contributed by atoms with E-state index >= 15 is 0 Å². The van der Waals surface area contributed by atoms with Crippen molar-refractivity contribution < 1.29 is 8.94 Å². The molecule has 3 N–H and O–H groups in total. The monoisotopic (exact) mass is 413 g/mol. The fraction of sp³-hybridized carbons (Fsp3) is 0.435. The number of nitriles is 1. The van der Waals surface area contributed by atoms with Gasteiger partial charge in [0.05, 0.1) is 17.3 Å². The van der Waals surface area contributed by atoms with E-state index in [-0.39, 0.29) is 15.8 Å². The van der Waals surface area contributed by atoms with Crippen LogP contribution in [0.25, 0.3) is 0 Å². The van der Waals surface area contributed by atoms with Gasteiger partial charge in [-0.25, -0.2) is 4.39 Å². The largest absolute Gasteiger partial charge is 0.598 e. The molecular weight excluding hydrogens is 385 g/mol. The summed E-state index contributed by atoms with van der Waals surface area (Å²) in [6, 6.07) is 14.7. The van der Waals surface area contributed by atoms with Crippen molar-refractivity contribution in [3.05, 3.63) is 65.0 Å². The van der Waals surface area contributed by atoms with Crippen LogP contribution in [0.5, 0.6) is 0 Å². The molecule has 0 heterocycles. The normalized spacial score (nSPS) is 17.4. The van der Waals surface area contributed by atoms with Crippen molar-refractivity contribution >= 4 is 17.0 Å². The second kappa shape index (κ2) is 8.35. The molecule has 1 aliphatic rings. The summed E-state index contributed by atoms with van der Waals surface area (Å²) in [5.41, 5.74) is 8.32. The van der Waals surface area contributed by atoms with Crippen LogP contribution in [0, 0.1) is 23.1 Å². The zero-order chi connectivity index (χ0) is 21.2. The molecule has 29 heavy (non-hydrogen) atoms. The number of hydrogen-bond donors (Lipinski definition) is 2. The molecule has 2 unspecified atom stereocenters. The summed E-state index contributed by atoms with van der Waals surface area (Å²) < 4.78 is 29.2. The first-order valence-corrected chi connectivity index (χ1v) is 11.0. The van der Waals surface area contributed by atoms with Crippen LogP contribution >= 0.6 is 0 Å². The Balaban J connectivity index is 2.01. The Hall–Kier alpha value is -2.07. The molecule has 0 radical (unpaired) electrons. The van der Waals surface area contributed by atoms with Crippen molar-refractivity contribution in [2.75, 3.05) is 12.3 Å². The highest BCUT2D eigenvalue weighted by Crippen LogP contribution is 2.53. The molecule has 0 bridgehead atoms. The molecule has 2 aromatic carbocycles. The third-order valence-corrected chi connectivity index (χ3v) is 7.20. The Bertz CT molecular complexity index is 900. The standard InChI is InChI=1S/C23H28FN3OS/c1-22(2,3)29(28)27-13-12-23(18-8-9-18,17-6-4-16(15-25)5-7-17)19-10-11-20(24)21(26)14-19/h4-7,10-11,14,18,27H,8-9,12-13,26H2,1-3H3. The zero-order valence-corrected chi connectivity index (χ0v) is 18.0. The van der Waals surface area contributed by atoms with Crippen molar-refractivity contribution in [3.8, 4) is 6.07 Å². The van der Waals surface area contributed by atoms with Gasteiger partial charge in [0.2, 0.25) is 0 Å². The second-order valence-electron chi connectivity index (χ2n) is 8.70. The minimum Gasteiger partial charge on any atom is -0.598 e. The quantitative estimate of drug-likeness (QED) is 0.520. The summed E-state index contributed by atoms with van der Waals surface area (Å²) >= 11 is -1.17. The highest BCUT2D eigenvalue weighted by atomic mass is 32.2. The summed E-state index contributed by atoms with van der Waals surface area (Å²) in [7, 11) is 0. The number of hydrogen-bond acceptors (Lipinski definition) is 4. The van der Waals surface area contributed by atoms with E-state index in [0.29, 0.717) is 24.4 Å². The first kappa shape index (κ1) is 21.6. The molecule has 0 amide bonds. The number of nitrogens with zero attached hydrogens (tertiary/aromatic N) is 1. The van der Waals surface area contributed by atoms with Crippen LogP contribution in [0.3, 0.4) is 0 Å². The lowest BCUT2D eigenvalue weighted by Gasteiger charge is -2.36. The lowest BCUT2D eigenvalue weighted by molar-refractivity contribution is 0.410. The molecule has 4 nitrogen and oxygen atoms in total. The second-order valence-corrected chi connectivity index (χ2v) is 10.7. The van der Waals surface area contributed by atoms with E-state index in [1.54, 1.807) is 6.07 Å². The average molecular weight is 414 g/mol. The van der Waals surface area contributed by atoms with E-state index in [1.807, 2.05) is 51.1 Å². The van der Waals surface area contributed by atoms with Crippen molar-refractivity contribution in [1.29, 1.82) is 5.26 Å². The zero-order valence-electron chi connectivity index (χ0n) is 17.2. The van der Waals surface area contributed by atoms with Crippen LogP contribution < -0.4 is 10.5 Å². The SMILES string of the molecule is CC(C)(C)[S+]([O-])NCCC(c1ccc(C#N)cc1)(c1ccc(F)c(N)c1)C1CC1. The molecular formula is C23H28FN3OS. The Morgan fingerprint density at radius 2 is 1.79 bits per heavy atom. The highest BCUT2D eigenvalue weighted by molar-refractivity contribution is 7.90. The summed E-state index contributed by atoms with van der Waals surface area (Å²) in [5, 5.41) is 9.16. The lowest BCUT2D eigenvalue weighted by Crippen LogP contribution is -2.42. The maximum Gasteiger partial charge on any atom is 0.146 e. The van der Waals surface area contributed by atoms with Gasteiger partial charge in [-0.1, -0.05) is 18.2 Å². The molecule has 0 aromatic heterocycles. The van der Waals surface area contributed by atoms with Crippen LogP contribution in [0.1, 0.15) is 56.7 Å². The minimum absolute atomic E-state index is 0.132. The molecule has 3 rings (SSSR count). The van der Waals surface area contributed by atoms with E-state index in [2.05, 4.69) is 10.8 Å². The van der Waals surface area contributed by atoms with Crippen molar-refractivity contribution in [2.24, 2.45) is 5.92 Å². The van der Waals surface area contributed by atoms with E-state index in [9.17, 15) is 8.94 Å². The van der Waals surface area contributed by atoms with Crippen LogP contribution in [-0.4, -0.2) is 15.8 Å². The smallest absolute Gasteiger partial charge is 0.146 e. The number of nitrogens with one attached hydrogen (secondary N) is 1. The molecule has 2 aromatic rings. The van der Waals surface area contributed by atoms with E-state index < -0.39 is 17.2 Å². The van der Waals surface area contributed by atoms with Gasteiger partial charge < -0.3 is 10.3 Å². The number of nitrogens with two attached hydrogens (primary N) is 1. The van der Waals surface area contributed by atoms with Gasteiger partial charge in [0.1, 0.15) is 10.6 Å². The molecule has 1 saturated carbocycles. The summed E-state index contributed by atoms with van der Waals surface area (Å²) in [6.07, 6.45) is 2.84. The summed E-state index contributed by atoms with van der Waals surface area (Å²) in [5.74, 6) is -0.0320. The van der Waals surface area contributed by atoms with Crippen molar-refractivity contribution in [1.82, 2.24) is 4.72 Å². The fourth-order valence-corrected chi connectivity index (χ4v) is 4.65. The van der Waals surface area contributed by atoms with Crippen molar-refractivity contribution in [2.45, 2.75) is 50.2 Å². The number of nitrogen functional groups attached to an aromatic ring is 1. The van der Waals surface area contributed by atoms with Gasteiger partial charge in [0, 0.05) is 23.3 Å². The molecule has 154 valence electrons. The van der Waals surface area contributed by atoms with Crippen molar-refractivity contribution in [3.63, 3.8) is 0 Å². The van der Waals surface area contributed by atoms with Gasteiger partial charge in [-0.3, -0.25) is 0 Å². The minimum atomic E-state index is -1.17. The first-order valence-electron chi connectivity index (χ1n) is 9.90. The predicted octanol–water partition coefficient (Wildman–Crippen LogP) is 4.42. The molecule has 1 aliphatic carbocycles. The van der Waals surface area contributed by atoms with E-state index in [4.69, 9.17) is 11.0 Å². The topological polar surface area (TPSA) is 84.9 Å². The first-order chi connectivity index (χ1) is 13.7. The maximum absolute atomic E-state index is 13.9. The Kier molecular flexibility index (Phi) is 6.23. The van der Waals surface area contributed by atoms with Crippen LogP contribution in [-0.2, 0) is 16.8 Å². The van der Waals surface area contributed by atoms with Crippen LogP contribution in [0.15, 0.2) is 42.5 Å². The summed E-state index contributed by atoms with van der Waals surface area (Å²) in [4.78, 5) is 0. The predicted molar refractivity (Wildman–Crippen MR) is 116 cm³/mol. The van der Waals surface area contributed by atoms with Gasteiger partial charge in [-0.15, -0.1) is 4.72 Å². The Morgan fingerprint density at radius 3 is 2.31 bits per heavy atom. The third kappa shape index (κ3) is 4.58. The van der Waals surface area contributed by atoms with E-state index in [1.165, 1.54) is 6.07 Å². The van der Waals surface area contributed by atoms with E-state index in [0.717, 1.165) is 24.0 Å². The van der Waals surface area contributed by atoms with Gasteiger partial charge >= 0.3 is 0 Å². The Morgan fingerprint density at radius 1 is 1.17 bits per heavy atom. The maximum atomic E-state index is 13.9. The van der Waals surface area contributed by atoms with Gasteiger partial charge in [0.25, 0.3) is 0 Å². The summed E-state index contributed by atoms with van der Waals surface area (Å²) in [6.45, 7) is 6.36. The molecule has 0 spiro atoms. The van der Waals surface area contributed by atoms with Gasteiger partial charge in [-0.05, 0) is 81.3 Å². The number of anilines is 1. The van der Waals surface area contributed by atoms with Gasteiger partial charge in [-0.2, -0.15) is 5.26 Å². The molecule has 1 fully saturated rings.